The van der Waals surface area contributed by atoms with E-state index in [-0.39, 0.29) is 41.5 Å². The van der Waals surface area contributed by atoms with Gasteiger partial charge in [0.25, 0.3) is 0 Å². The topological polar surface area (TPSA) is 131 Å². The third-order valence-corrected chi connectivity index (χ3v) is 7.07. The lowest BCUT2D eigenvalue weighted by atomic mass is 9.85. The molecule has 9 nitrogen and oxygen atoms in total. The van der Waals surface area contributed by atoms with Crippen molar-refractivity contribution in [1.29, 1.82) is 5.26 Å². The number of carbonyl (C=O) groups excluding carboxylic acids is 4. The van der Waals surface area contributed by atoms with E-state index in [1.807, 2.05) is 20.8 Å². The molecule has 2 aliphatic carbocycles. The zero-order valence-electron chi connectivity index (χ0n) is 20.4. The van der Waals surface area contributed by atoms with Crippen LogP contribution in [0.25, 0.3) is 0 Å². The maximum Gasteiger partial charge on any atom is 0.246 e. The van der Waals surface area contributed by atoms with Crippen molar-refractivity contribution in [2.75, 3.05) is 7.05 Å². The molecule has 4 atom stereocenters. The average molecular weight is 460 g/mol. The van der Waals surface area contributed by atoms with Gasteiger partial charge >= 0.3 is 0 Å². The summed E-state index contributed by atoms with van der Waals surface area (Å²) in [6.45, 7) is 6.95. The van der Waals surface area contributed by atoms with Gasteiger partial charge in [0.2, 0.25) is 23.6 Å². The summed E-state index contributed by atoms with van der Waals surface area (Å²) in [6, 6.07) is -0.207. The molecule has 3 aliphatic rings. The Morgan fingerprint density at radius 3 is 2.30 bits per heavy atom. The fraction of sp³-hybridized carbons (Fsp3) is 0.792. The van der Waals surface area contributed by atoms with E-state index in [9.17, 15) is 24.4 Å². The van der Waals surface area contributed by atoms with E-state index in [4.69, 9.17) is 0 Å². The van der Waals surface area contributed by atoms with Crippen molar-refractivity contribution in [3.8, 4) is 6.07 Å². The van der Waals surface area contributed by atoms with Crippen LogP contribution in [0.5, 0.6) is 0 Å². The predicted octanol–water partition coefficient (Wildman–Crippen LogP) is 1.23. The fourth-order valence-electron chi connectivity index (χ4n) is 4.67. The molecule has 0 aromatic heterocycles. The SMILES string of the molecule is CC(=O)NC(C(=O)N(C)C(CC1CC1)C(=O)NC(C#N)CC1CC2(CC2)NC1=O)C(C)(C)C. The number of nitrogens with one attached hydrogen (secondary N) is 3. The molecule has 9 heteroatoms. The first-order valence-corrected chi connectivity index (χ1v) is 11.9. The van der Waals surface area contributed by atoms with Gasteiger partial charge in [0.05, 0.1) is 6.07 Å². The van der Waals surface area contributed by atoms with Crippen LogP contribution in [0.15, 0.2) is 0 Å². The van der Waals surface area contributed by atoms with Gasteiger partial charge in [-0.3, -0.25) is 19.2 Å². The van der Waals surface area contributed by atoms with Crippen molar-refractivity contribution in [2.24, 2.45) is 17.3 Å². The Morgan fingerprint density at radius 2 is 1.85 bits per heavy atom. The van der Waals surface area contributed by atoms with Gasteiger partial charge in [-0.15, -0.1) is 0 Å². The van der Waals surface area contributed by atoms with Gasteiger partial charge in [-0.2, -0.15) is 5.26 Å². The lowest BCUT2D eigenvalue weighted by Crippen LogP contribution is -2.58. The average Bonchev–Trinajstić information content (AvgIpc) is 3.63. The van der Waals surface area contributed by atoms with Crippen LogP contribution in [-0.4, -0.2) is 59.2 Å². The number of amides is 4. The molecule has 0 bridgehead atoms. The molecule has 1 spiro atoms. The van der Waals surface area contributed by atoms with E-state index in [0.717, 1.165) is 25.7 Å². The normalized spacial score (nSPS) is 23.6. The molecule has 0 radical (unpaired) electrons. The fourth-order valence-corrected chi connectivity index (χ4v) is 4.67. The highest BCUT2D eigenvalue weighted by atomic mass is 16.2. The maximum atomic E-state index is 13.3. The standard InChI is InChI=1S/C24H37N5O4/c1-14(30)26-19(23(2,3)4)22(33)29(5)18(10-15-6-7-15)21(32)27-17(13-25)11-16-12-24(8-9-24)28-20(16)31/h15-19H,6-12H2,1-5H3,(H,26,30)(H,27,32)(H,28,31). The highest BCUT2D eigenvalue weighted by Gasteiger charge is 2.52. The number of rotatable bonds is 9. The summed E-state index contributed by atoms with van der Waals surface area (Å²) >= 11 is 0. The summed E-state index contributed by atoms with van der Waals surface area (Å²) in [4.78, 5) is 52.0. The highest BCUT2D eigenvalue weighted by Crippen LogP contribution is 2.46. The molecule has 0 aromatic rings. The Balaban J connectivity index is 1.69. The molecule has 1 aliphatic heterocycles. The van der Waals surface area contributed by atoms with Crippen LogP contribution in [0.4, 0.5) is 0 Å². The zero-order valence-corrected chi connectivity index (χ0v) is 20.4. The quantitative estimate of drug-likeness (QED) is 0.477. The Morgan fingerprint density at radius 1 is 1.21 bits per heavy atom. The smallest absolute Gasteiger partial charge is 0.246 e. The van der Waals surface area contributed by atoms with Crippen molar-refractivity contribution in [3.63, 3.8) is 0 Å². The van der Waals surface area contributed by atoms with Crippen molar-refractivity contribution in [1.82, 2.24) is 20.9 Å². The number of likely N-dealkylation sites (N-methyl/N-ethyl adjacent to an activating group) is 1. The van der Waals surface area contributed by atoms with E-state index in [1.54, 1.807) is 7.05 Å². The molecule has 3 fully saturated rings. The van der Waals surface area contributed by atoms with Crippen LogP contribution in [0.2, 0.25) is 0 Å². The van der Waals surface area contributed by atoms with Gasteiger partial charge in [0, 0.05) is 25.4 Å². The van der Waals surface area contributed by atoms with Gasteiger partial charge < -0.3 is 20.9 Å². The number of carbonyl (C=O) groups is 4. The van der Waals surface area contributed by atoms with Gasteiger partial charge in [-0.25, -0.2) is 0 Å². The van der Waals surface area contributed by atoms with E-state index in [1.165, 1.54) is 11.8 Å². The Labute approximate surface area is 196 Å². The molecule has 33 heavy (non-hydrogen) atoms. The van der Waals surface area contributed by atoms with Gasteiger partial charge in [0.15, 0.2) is 0 Å². The predicted molar refractivity (Wildman–Crippen MR) is 121 cm³/mol. The molecule has 1 saturated heterocycles. The first-order valence-electron chi connectivity index (χ1n) is 11.9. The zero-order chi connectivity index (χ0) is 24.6. The van der Waals surface area contributed by atoms with Crippen LogP contribution in [0.3, 0.4) is 0 Å². The van der Waals surface area contributed by atoms with Gasteiger partial charge in [-0.05, 0) is 43.4 Å². The molecule has 182 valence electrons. The lowest BCUT2D eigenvalue weighted by Gasteiger charge is -2.36. The van der Waals surface area contributed by atoms with Gasteiger partial charge in [0.1, 0.15) is 18.1 Å². The second kappa shape index (κ2) is 9.32. The van der Waals surface area contributed by atoms with Crippen molar-refractivity contribution < 1.29 is 19.2 Å². The summed E-state index contributed by atoms with van der Waals surface area (Å²) in [5.41, 5.74) is -0.625. The largest absolute Gasteiger partial charge is 0.350 e. The first-order chi connectivity index (χ1) is 15.3. The molecule has 1 heterocycles. The summed E-state index contributed by atoms with van der Waals surface area (Å²) in [6.07, 6.45) is 5.43. The molecule has 4 unspecified atom stereocenters. The van der Waals surface area contributed by atoms with Crippen molar-refractivity contribution in [3.05, 3.63) is 0 Å². The molecule has 3 N–H and O–H groups in total. The molecule has 2 saturated carbocycles. The minimum absolute atomic E-state index is 0.0489. The monoisotopic (exact) mass is 459 g/mol. The second-order valence-corrected chi connectivity index (χ2v) is 11.2. The number of nitrogens with zero attached hydrogens (tertiary/aromatic N) is 2. The minimum Gasteiger partial charge on any atom is -0.350 e. The summed E-state index contributed by atoms with van der Waals surface area (Å²) in [5, 5.41) is 18.2. The molecule has 0 aromatic carbocycles. The Kier molecular flexibility index (Phi) is 7.06. The maximum absolute atomic E-state index is 13.3. The molecular formula is C24H37N5O4. The van der Waals surface area contributed by atoms with Crippen LogP contribution < -0.4 is 16.0 Å². The van der Waals surface area contributed by atoms with Crippen LogP contribution >= 0.6 is 0 Å². The highest BCUT2D eigenvalue weighted by molar-refractivity contribution is 5.92. The van der Waals surface area contributed by atoms with E-state index >= 15 is 0 Å². The van der Waals surface area contributed by atoms with E-state index < -0.39 is 23.5 Å². The third kappa shape index (κ3) is 6.24. The number of hydrogen-bond donors (Lipinski definition) is 3. The van der Waals surface area contributed by atoms with Crippen molar-refractivity contribution in [2.45, 2.75) is 96.3 Å². The second-order valence-electron chi connectivity index (χ2n) is 11.2. The molecule has 4 amide bonds. The van der Waals surface area contributed by atoms with Crippen LogP contribution in [0.1, 0.15) is 72.6 Å². The third-order valence-electron chi connectivity index (χ3n) is 7.07. The van der Waals surface area contributed by atoms with E-state index in [2.05, 4.69) is 22.0 Å². The molecule has 3 rings (SSSR count). The van der Waals surface area contributed by atoms with Crippen LogP contribution in [0, 0.1) is 28.6 Å². The number of hydrogen-bond acceptors (Lipinski definition) is 5. The van der Waals surface area contributed by atoms with E-state index in [0.29, 0.717) is 18.8 Å². The summed E-state index contributed by atoms with van der Waals surface area (Å²) in [7, 11) is 1.58. The number of nitriles is 1. The Bertz CT molecular complexity index is 850. The van der Waals surface area contributed by atoms with Crippen LogP contribution in [-0.2, 0) is 19.2 Å². The lowest BCUT2D eigenvalue weighted by molar-refractivity contribution is -0.144. The van der Waals surface area contributed by atoms with Crippen molar-refractivity contribution >= 4 is 23.6 Å². The minimum atomic E-state index is -0.805. The first kappa shape index (κ1) is 25.0. The summed E-state index contributed by atoms with van der Waals surface area (Å²) in [5.74, 6) is -1.01. The molecular weight excluding hydrogens is 422 g/mol. The Hall–Kier alpha value is -2.63. The van der Waals surface area contributed by atoms with Gasteiger partial charge in [-0.1, -0.05) is 33.6 Å². The summed E-state index contributed by atoms with van der Waals surface area (Å²) < 4.78 is 0.